The largest absolute Gasteiger partial charge is 0.310 e. The molecule has 32 heavy (non-hydrogen) atoms. The quantitative estimate of drug-likeness (QED) is 0.571. The minimum atomic E-state index is -0.0240. The van der Waals surface area contributed by atoms with E-state index in [4.69, 9.17) is 11.6 Å². The van der Waals surface area contributed by atoms with Gasteiger partial charge in [0.05, 0.1) is 11.2 Å². The highest BCUT2D eigenvalue weighted by Crippen LogP contribution is 2.40. The molecule has 1 aliphatic carbocycles. The minimum absolute atomic E-state index is 0.0240. The number of nitrogens with one attached hydrogen (secondary N) is 1. The van der Waals surface area contributed by atoms with E-state index in [1.165, 1.54) is 11.3 Å². The van der Waals surface area contributed by atoms with Crippen molar-refractivity contribution < 1.29 is 4.79 Å². The molecule has 3 aromatic rings. The van der Waals surface area contributed by atoms with Gasteiger partial charge in [0.15, 0.2) is 0 Å². The molecule has 2 atom stereocenters. The fraction of sp³-hybridized carbons (Fsp3) is 0.440. The maximum atomic E-state index is 13.1. The zero-order valence-electron chi connectivity index (χ0n) is 18.5. The van der Waals surface area contributed by atoms with Crippen LogP contribution in [0.25, 0.3) is 11.1 Å². The van der Waals surface area contributed by atoms with Crippen LogP contribution in [0.5, 0.6) is 0 Å². The molecule has 166 valence electrons. The predicted molar refractivity (Wildman–Crippen MR) is 126 cm³/mol. The summed E-state index contributed by atoms with van der Waals surface area (Å²) in [6.45, 7) is 5.39. The summed E-state index contributed by atoms with van der Waals surface area (Å²) in [5.41, 5.74) is 4.53. The number of hydrogen-bond donors (Lipinski definition) is 1. The van der Waals surface area contributed by atoms with Crippen LogP contribution in [0.1, 0.15) is 56.7 Å². The molecule has 1 aliphatic heterocycles. The minimum Gasteiger partial charge on any atom is -0.310 e. The molecule has 1 amide bonds. The highest BCUT2D eigenvalue weighted by Gasteiger charge is 2.32. The second-order valence-electron chi connectivity index (χ2n) is 9.88. The standard InChI is InChI=1S/C25H28ClN5O/c1-25(2)12-22-20(13-29-31(22)15-25)19-11-23(28-14-21(19)26)30-24(32)18-5-3-4-17(10-18)16-6-8-27-9-7-16/h6-9,11,13-14,17-18H,3-5,10,12,15H2,1-2H3,(H,28,30,32)/t17-,18+/m0/s1. The number of pyridine rings is 2. The third-order valence-electron chi connectivity index (χ3n) is 6.79. The molecule has 3 aromatic heterocycles. The van der Waals surface area contributed by atoms with Gasteiger partial charge >= 0.3 is 0 Å². The Kier molecular flexibility index (Phi) is 5.49. The lowest BCUT2D eigenvalue weighted by Gasteiger charge is -2.28. The van der Waals surface area contributed by atoms with Gasteiger partial charge in [-0.2, -0.15) is 5.10 Å². The fourth-order valence-corrected chi connectivity index (χ4v) is 5.39. The molecule has 5 rings (SSSR count). The van der Waals surface area contributed by atoms with E-state index >= 15 is 0 Å². The van der Waals surface area contributed by atoms with Crippen LogP contribution in [-0.4, -0.2) is 25.7 Å². The number of carbonyl (C=O) groups is 1. The molecule has 7 heteroatoms. The van der Waals surface area contributed by atoms with E-state index in [0.29, 0.717) is 16.8 Å². The van der Waals surface area contributed by atoms with Gasteiger partial charge in [0.25, 0.3) is 0 Å². The molecule has 6 nitrogen and oxygen atoms in total. The maximum absolute atomic E-state index is 13.1. The van der Waals surface area contributed by atoms with Crippen molar-refractivity contribution in [1.29, 1.82) is 0 Å². The fourth-order valence-electron chi connectivity index (χ4n) is 5.18. The average Bonchev–Trinajstić information content (AvgIpc) is 3.30. The Morgan fingerprint density at radius 1 is 1.19 bits per heavy atom. The lowest BCUT2D eigenvalue weighted by atomic mass is 9.78. The molecule has 0 bridgehead atoms. The van der Waals surface area contributed by atoms with E-state index < -0.39 is 0 Å². The second-order valence-corrected chi connectivity index (χ2v) is 10.3. The van der Waals surface area contributed by atoms with Crippen LogP contribution in [0.3, 0.4) is 0 Å². The van der Waals surface area contributed by atoms with E-state index in [-0.39, 0.29) is 17.2 Å². The summed E-state index contributed by atoms with van der Waals surface area (Å²) in [5.74, 6) is 0.946. The van der Waals surface area contributed by atoms with Gasteiger partial charge in [-0.05, 0) is 60.8 Å². The Morgan fingerprint density at radius 2 is 2.00 bits per heavy atom. The van der Waals surface area contributed by atoms with Gasteiger partial charge in [-0.1, -0.05) is 31.9 Å². The molecule has 0 saturated heterocycles. The van der Waals surface area contributed by atoms with E-state index in [1.54, 1.807) is 6.20 Å². The zero-order valence-corrected chi connectivity index (χ0v) is 19.3. The molecule has 2 aliphatic rings. The molecule has 1 saturated carbocycles. The molecule has 0 spiro atoms. The first-order chi connectivity index (χ1) is 15.4. The van der Waals surface area contributed by atoms with Crippen molar-refractivity contribution in [3.05, 3.63) is 59.3 Å². The van der Waals surface area contributed by atoms with Gasteiger partial charge in [0, 0.05) is 47.9 Å². The Hall–Kier alpha value is -2.73. The van der Waals surface area contributed by atoms with Crippen LogP contribution >= 0.6 is 11.6 Å². The first-order valence-electron chi connectivity index (χ1n) is 11.3. The first kappa shape index (κ1) is 21.1. The molecular weight excluding hydrogens is 422 g/mol. The van der Waals surface area contributed by atoms with Gasteiger partial charge in [0.2, 0.25) is 5.91 Å². The zero-order chi connectivity index (χ0) is 22.3. The smallest absolute Gasteiger partial charge is 0.228 e. The second kappa shape index (κ2) is 8.32. The molecule has 0 aromatic carbocycles. The predicted octanol–water partition coefficient (Wildman–Crippen LogP) is 5.49. The molecule has 1 fully saturated rings. The van der Waals surface area contributed by atoms with Crippen molar-refractivity contribution in [2.24, 2.45) is 11.3 Å². The summed E-state index contributed by atoms with van der Waals surface area (Å²) in [5, 5.41) is 8.17. The number of carbonyl (C=O) groups excluding carboxylic acids is 1. The number of rotatable bonds is 4. The van der Waals surface area contributed by atoms with Crippen LogP contribution in [0, 0.1) is 11.3 Å². The summed E-state index contributed by atoms with van der Waals surface area (Å²) in [6.07, 6.45) is 12.0. The van der Waals surface area contributed by atoms with Crippen LogP contribution in [0.2, 0.25) is 5.02 Å². The number of hydrogen-bond acceptors (Lipinski definition) is 4. The third kappa shape index (κ3) is 4.16. The lowest BCUT2D eigenvalue weighted by Crippen LogP contribution is -2.27. The van der Waals surface area contributed by atoms with E-state index in [9.17, 15) is 4.79 Å². The van der Waals surface area contributed by atoms with Crippen LogP contribution in [0.4, 0.5) is 5.82 Å². The highest BCUT2D eigenvalue weighted by molar-refractivity contribution is 6.33. The normalized spacial score (nSPS) is 21.8. The monoisotopic (exact) mass is 449 g/mol. The Labute approximate surface area is 193 Å². The topological polar surface area (TPSA) is 72.7 Å². The first-order valence-corrected chi connectivity index (χ1v) is 11.7. The average molecular weight is 450 g/mol. The Bertz CT molecular complexity index is 1140. The van der Waals surface area contributed by atoms with Crippen molar-refractivity contribution >= 4 is 23.3 Å². The number of anilines is 1. The number of amides is 1. The SMILES string of the molecule is CC1(C)Cc2c(-c3cc(NC(=O)[C@@H]4CCC[C@H](c5ccncc5)C4)ncc3Cl)cnn2C1. The van der Waals surface area contributed by atoms with Crippen molar-refractivity contribution in [2.45, 2.75) is 58.4 Å². The summed E-state index contributed by atoms with van der Waals surface area (Å²) >= 11 is 6.52. The van der Waals surface area contributed by atoms with Crippen molar-refractivity contribution in [3.63, 3.8) is 0 Å². The van der Waals surface area contributed by atoms with Gasteiger partial charge in [0.1, 0.15) is 5.82 Å². The van der Waals surface area contributed by atoms with E-state index in [0.717, 1.165) is 49.8 Å². The van der Waals surface area contributed by atoms with Gasteiger partial charge in [-0.25, -0.2) is 4.98 Å². The van der Waals surface area contributed by atoms with Crippen molar-refractivity contribution in [1.82, 2.24) is 19.7 Å². The molecular formula is C25H28ClN5O. The third-order valence-corrected chi connectivity index (χ3v) is 7.09. The van der Waals surface area contributed by atoms with Crippen LogP contribution in [-0.2, 0) is 17.8 Å². The maximum Gasteiger partial charge on any atom is 0.228 e. The van der Waals surface area contributed by atoms with Crippen molar-refractivity contribution in [3.8, 4) is 11.1 Å². The summed E-state index contributed by atoms with van der Waals surface area (Å²) < 4.78 is 2.06. The summed E-state index contributed by atoms with van der Waals surface area (Å²) in [7, 11) is 0. The molecule has 4 heterocycles. The number of halogens is 1. The van der Waals surface area contributed by atoms with Gasteiger partial charge in [-0.3, -0.25) is 14.5 Å². The summed E-state index contributed by atoms with van der Waals surface area (Å²) in [4.78, 5) is 21.6. The molecule has 0 radical (unpaired) electrons. The molecule has 1 N–H and O–H groups in total. The Balaban J connectivity index is 1.33. The highest BCUT2D eigenvalue weighted by atomic mass is 35.5. The van der Waals surface area contributed by atoms with Crippen LogP contribution < -0.4 is 5.32 Å². The lowest BCUT2D eigenvalue weighted by molar-refractivity contribution is -0.120. The summed E-state index contributed by atoms with van der Waals surface area (Å²) in [6, 6.07) is 6.00. The number of nitrogens with zero attached hydrogens (tertiary/aromatic N) is 4. The van der Waals surface area contributed by atoms with E-state index in [1.807, 2.05) is 24.7 Å². The van der Waals surface area contributed by atoms with Gasteiger partial charge < -0.3 is 5.32 Å². The van der Waals surface area contributed by atoms with Crippen LogP contribution in [0.15, 0.2) is 43.0 Å². The van der Waals surface area contributed by atoms with Crippen molar-refractivity contribution in [2.75, 3.05) is 5.32 Å². The molecule has 0 unspecified atom stereocenters. The van der Waals surface area contributed by atoms with E-state index in [2.05, 4.69) is 51.0 Å². The number of aromatic nitrogens is 4. The number of fused-ring (bicyclic) bond motifs is 1. The Morgan fingerprint density at radius 3 is 2.81 bits per heavy atom. The van der Waals surface area contributed by atoms with Gasteiger partial charge in [-0.15, -0.1) is 0 Å².